The minimum atomic E-state index is 0.307. The van der Waals surface area contributed by atoms with Crippen molar-refractivity contribution in [3.8, 4) is 0 Å². The van der Waals surface area contributed by atoms with Crippen molar-refractivity contribution in [2.24, 2.45) is 5.92 Å². The van der Waals surface area contributed by atoms with Crippen LogP contribution in [0.2, 0.25) is 0 Å². The molecule has 1 amide bonds. The van der Waals surface area contributed by atoms with Crippen LogP contribution in [0, 0.1) is 5.92 Å². The Morgan fingerprint density at radius 1 is 1.45 bits per heavy atom. The van der Waals surface area contributed by atoms with Gasteiger partial charge in [-0.05, 0) is 25.7 Å². The third-order valence-corrected chi connectivity index (χ3v) is 4.79. The summed E-state index contributed by atoms with van der Waals surface area (Å²) in [5.74, 6) is 1.04. The number of amides is 1. The van der Waals surface area contributed by atoms with E-state index in [0.29, 0.717) is 12.3 Å². The first kappa shape index (κ1) is 15.3. The van der Waals surface area contributed by atoms with Gasteiger partial charge >= 0.3 is 0 Å². The number of aromatic nitrogens is 1. The first-order valence-corrected chi connectivity index (χ1v) is 8.51. The molecule has 5 heteroatoms. The van der Waals surface area contributed by atoms with Gasteiger partial charge in [0.05, 0.1) is 6.54 Å². The molecule has 1 fully saturated rings. The van der Waals surface area contributed by atoms with Gasteiger partial charge in [0.25, 0.3) is 0 Å². The second kappa shape index (κ2) is 7.62. The van der Waals surface area contributed by atoms with Crippen molar-refractivity contribution in [1.82, 2.24) is 9.88 Å². The normalized spacial score (nSPS) is 20.0. The van der Waals surface area contributed by atoms with Gasteiger partial charge in [0.1, 0.15) is 0 Å². The Labute approximate surface area is 125 Å². The zero-order chi connectivity index (χ0) is 14.4. The van der Waals surface area contributed by atoms with Crippen LogP contribution < -0.4 is 5.32 Å². The molecule has 0 radical (unpaired) electrons. The molecule has 0 bridgehead atoms. The highest BCUT2D eigenvalue weighted by molar-refractivity contribution is 7.15. The van der Waals surface area contributed by atoms with Gasteiger partial charge in [-0.15, -0.1) is 11.3 Å². The molecule has 0 aliphatic carbocycles. The molecule has 1 aliphatic rings. The quantitative estimate of drug-likeness (QED) is 0.873. The fourth-order valence-electron chi connectivity index (χ4n) is 2.76. The largest absolute Gasteiger partial charge is 0.362 e. The molecule has 4 nitrogen and oxygen atoms in total. The molecular formula is C15H25N3OS. The lowest BCUT2D eigenvalue weighted by Gasteiger charge is -2.19. The van der Waals surface area contributed by atoms with E-state index in [2.05, 4.69) is 24.1 Å². The van der Waals surface area contributed by atoms with Crippen molar-refractivity contribution < 1.29 is 4.79 Å². The Balaban J connectivity index is 1.91. The van der Waals surface area contributed by atoms with E-state index in [9.17, 15) is 4.79 Å². The highest BCUT2D eigenvalue weighted by Gasteiger charge is 2.22. The van der Waals surface area contributed by atoms with Crippen LogP contribution in [0.4, 0.5) is 5.13 Å². The SMILES string of the molecule is CCCC1CCC(=O)N(Cc2cnc(NCC)s2)CC1. The minimum absolute atomic E-state index is 0.307. The van der Waals surface area contributed by atoms with E-state index >= 15 is 0 Å². The van der Waals surface area contributed by atoms with E-state index in [-0.39, 0.29) is 0 Å². The first-order chi connectivity index (χ1) is 9.72. The van der Waals surface area contributed by atoms with Crippen LogP contribution in [0.1, 0.15) is 50.8 Å². The van der Waals surface area contributed by atoms with Gasteiger partial charge < -0.3 is 10.2 Å². The fourth-order valence-corrected chi connectivity index (χ4v) is 3.66. The second-order valence-corrected chi connectivity index (χ2v) is 6.57. The number of thiazole rings is 1. The molecule has 0 aromatic carbocycles. The third-order valence-electron chi connectivity index (χ3n) is 3.85. The van der Waals surface area contributed by atoms with Gasteiger partial charge in [-0.3, -0.25) is 4.79 Å². The number of rotatable bonds is 6. The van der Waals surface area contributed by atoms with Gasteiger partial charge in [0.15, 0.2) is 5.13 Å². The minimum Gasteiger partial charge on any atom is -0.362 e. The first-order valence-electron chi connectivity index (χ1n) is 7.69. The number of hydrogen-bond acceptors (Lipinski definition) is 4. The maximum Gasteiger partial charge on any atom is 0.222 e. The van der Waals surface area contributed by atoms with Crippen LogP contribution in [0.3, 0.4) is 0 Å². The maximum absolute atomic E-state index is 12.2. The van der Waals surface area contributed by atoms with Crippen molar-refractivity contribution in [1.29, 1.82) is 0 Å². The molecular weight excluding hydrogens is 270 g/mol. The Kier molecular flexibility index (Phi) is 5.83. The van der Waals surface area contributed by atoms with Crippen LogP contribution >= 0.6 is 11.3 Å². The Bertz CT molecular complexity index is 433. The summed E-state index contributed by atoms with van der Waals surface area (Å²) < 4.78 is 0. The summed E-state index contributed by atoms with van der Waals surface area (Å²) in [7, 11) is 0. The van der Waals surface area contributed by atoms with Crippen molar-refractivity contribution in [3.05, 3.63) is 11.1 Å². The molecule has 2 rings (SSSR count). The predicted octanol–water partition coefficient (Wildman–Crippen LogP) is 3.50. The number of carbonyl (C=O) groups excluding carboxylic acids is 1. The van der Waals surface area contributed by atoms with Crippen molar-refractivity contribution in [2.45, 2.75) is 52.5 Å². The summed E-state index contributed by atoms with van der Waals surface area (Å²) in [6.07, 6.45) is 7.30. The molecule has 0 saturated carbocycles. The lowest BCUT2D eigenvalue weighted by molar-refractivity contribution is -0.131. The molecule has 1 aromatic heterocycles. The standard InChI is InChI=1S/C15H25N3OS/c1-3-5-12-6-7-14(19)18(9-8-12)11-13-10-17-15(20-13)16-4-2/h10,12H,3-9,11H2,1-2H3,(H,16,17). The number of likely N-dealkylation sites (tertiary alicyclic amines) is 1. The predicted molar refractivity (Wildman–Crippen MR) is 83.9 cm³/mol. The zero-order valence-corrected chi connectivity index (χ0v) is 13.3. The van der Waals surface area contributed by atoms with E-state index in [4.69, 9.17) is 0 Å². The second-order valence-electron chi connectivity index (χ2n) is 5.46. The Morgan fingerprint density at radius 2 is 2.30 bits per heavy atom. The number of nitrogens with zero attached hydrogens (tertiary/aromatic N) is 2. The lowest BCUT2D eigenvalue weighted by Crippen LogP contribution is -2.29. The van der Waals surface area contributed by atoms with Crippen LogP contribution in [0.15, 0.2) is 6.20 Å². The van der Waals surface area contributed by atoms with Gasteiger partial charge in [-0.2, -0.15) is 0 Å². The lowest BCUT2D eigenvalue weighted by atomic mass is 9.96. The third kappa shape index (κ3) is 4.20. The number of anilines is 1. The van der Waals surface area contributed by atoms with Gasteiger partial charge in [0.2, 0.25) is 5.91 Å². The van der Waals surface area contributed by atoms with Crippen LogP contribution in [-0.4, -0.2) is 28.9 Å². The molecule has 1 N–H and O–H groups in total. The monoisotopic (exact) mass is 295 g/mol. The number of hydrogen-bond donors (Lipinski definition) is 1. The molecule has 0 spiro atoms. The van der Waals surface area contributed by atoms with E-state index in [0.717, 1.165) is 43.5 Å². The topological polar surface area (TPSA) is 45.2 Å². The molecule has 1 unspecified atom stereocenters. The molecule has 1 saturated heterocycles. The van der Waals surface area contributed by atoms with E-state index in [1.807, 2.05) is 11.1 Å². The average Bonchev–Trinajstić information content (AvgIpc) is 2.80. The highest BCUT2D eigenvalue weighted by Crippen LogP contribution is 2.25. The van der Waals surface area contributed by atoms with Crippen molar-refractivity contribution in [2.75, 3.05) is 18.4 Å². The molecule has 112 valence electrons. The van der Waals surface area contributed by atoms with Crippen molar-refractivity contribution in [3.63, 3.8) is 0 Å². The molecule has 1 aliphatic heterocycles. The van der Waals surface area contributed by atoms with Gasteiger partial charge in [-0.1, -0.05) is 19.8 Å². The van der Waals surface area contributed by atoms with Gasteiger partial charge in [0, 0.05) is 30.6 Å². The maximum atomic E-state index is 12.2. The highest BCUT2D eigenvalue weighted by atomic mass is 32.1. The molecule has 1 atom stereocenters. The van der Waals surface area contributed by atoms with Gasteiger partial charge in [-0.25, -0.2) is 4.98 Å². The molecule has 1 aromatic rings. The Hall–Kier alpha value is -1.10. The average molecular weight is 295 g/mol. The summed E-state index contributed by atoms with van der Waals surface area (Å²) in [6, 6.07) is 0. The van der Waals surface area contributed by atoms with E-state index < -0.39 is 0 Å². The van der Waals surface area contributed by atoms with Crippen LogP contribution in [0.25, 0.3) is 0 Å². The smallest absolute Gasteiger partial charge is 0.222 e. The molecule has 20 heavy (non-hydrogen) atoms. The Morgan fingerprint density at radius 3 is 3.05 bits per heavy atom. The van der Waals surface area contributed by atoms with Crippen LogP contribution in [-0.2, 0) is 11.3 Å². The summed E-state index contributed by atoms with van der Waals surface area (Å²) >= 11 is 1.65. The van der Waals surface area contributed by atoms with Crippen LogP contribution in [0.5, 0.6) is 0 Å². The summed E-state index contributed by atoms with van der Waals surface area (Å²) in [5, 5.41) is 4.17. The molecule has 2 heterocycles. The zero-order valence-electron chi connectivity index (χ0n) is 12.5. The number of nitrogens with one attached hydrogen (secondary N) is 1. The van der Waals surface area contributed by atoms with E-state index in [1.165, 1.54) is 17.7 Å². The summed E-state index contributed by atoms with van der Waals surface area (Å²) in [4.78, 5) is 19.7. The van der Waals surface area contributed by atoms with Crippen molar-refractivity contribution >= 4 is 22.4 Å². The van der Waals surface area contributed by atoms with E-state index in [1.54, 1.807) is 11.3 Å². The summed E-state index contributed by atoms with van der Waals surface area (Å²) in [6.45, 7) is 6.80. The fraction of sp³-hybridized carbons (Fsp3) is 0.733. The summed E-state index contributed by atoms with van der Waals surface area (Å²) in [5.41, 5.74) is 0. The number of carbonyl (C=O) groups is 1.